The summed E-state index contributed by atoms with van der Waals surface area (Å²) in [5, 5.41) is 3.81. The van der Waals surface area contributed by atoms with Crippen LogP contribution in [0, 0.1) is 5.92 Å². The molecule has 0 saturated heterocycles. The Morgan fingerprint density at radius 2 is 1.70 bits per heavy atom. The summed E-state index contributed by atoms with van der Waals surface area (Å²) in [5.74, 6) is 0.0837. The Balaban J connectivity index is 1.86. The number of nitrogens with one attached hydrogen (secondary N) is 1. The molecule has 176 valence electrons. The van der Waals surface area contributed by atoms with Crippen molar-refractivity contribution in [2.75, 3.05) is 0 Å². The van der Waals surface area contributed by atoms with E-state index in [1.807, 2.05) is 68.4 Å². The lowest BCUT2D eigenvalue weighted by Crippen LogP contribution is -2.49. The summed E-state index contributed by atoms with van der Waals surface area (Å²) >= 11 is 0. The second-order valence-corrected chi connectivity index (χ2v) is 9.80. The van der Waals surface area contributed by atoms with Gasteiger partial charge in [-0.3, -0.25) is 4.79 Å². The van der Waals surface area contributed by atoms with Crippen LogP contribution in [0.4, 0.5) is 4.79 Å². The zero-order valence-electron chi connectivity index (χ0n) is 20.1. The molecule has 0 aliphatic heterocycles. The average Bonchev–Trinajstić information content (AvgIpc) is 3.19. The van der Waals surface area contributed by atoms with E-state index in [2.05, 4.69) is 5.32 Å². The van der Waals surface area contributed by atoms with Crippen LogP contribution < -0.4 is 5.32 Å². The Morgan fingerprint density at radius 1 is 1.00 bits per heavy atom. The minimum Gasteiger partial charge on any atom is -0.464 e. The molecule has 2 amide bonds. The van der Waals surface area contributed by atoms with E-state index >= 15 is 0 Å². The number of carbonyl (C=O) groups excluding carboxylic acids is 2. The molecule has 0 bridgehead atoms. The lowest BCUT2D eigenvalue weighted by atomic mass is 10.0. The third-order valence-electron chi connectivity index (χ3n) is 5.11. The fourth-order valence-corrected chi connectivity index (χ4v) is 3.71. The highest BCUT2D eigenvalue weighted by Gasteiger charge is 2.29. The first kappa shape index (κ1) is 24.4. The third-order valence-corrected chi connectivity index (χ3v) is 5.11. The summed E-state index contributed by atoms with van der Waals surface area (Å²) in [6, 6.07) is 17.0. The highest BCUT2D eigenvalue weighted by Crippen LogP contribution is 2.20. The molecule has 0 spiro atoms. The van der Waals surface area contributed by atoms with Gasteiger partial charge in [0, 0.05) is 18.5 Å². The fourth-order valence-electron chi connectivity index (χ4n) is 3.71. The predicted molar refractivity (Wildman–Crippen MR) is 130 cm³/mol. The van der Waals surface area contributed by atoms with Crippen LogP contribution in [0.25, 0.3) is 11.0 Å². The van der Waals surface area contributed by atoms with E-state index in [9.17, 15) is 9.59 Å². The van der Waals surface area contributed by atoms with Gasteiger partial charge < -0.3 is 19.4 Å². The molecule has 1 aromatic heterocycles. The maximum absolute atomic E-state index is 13.7. The topological polar surface area (TPSA) is 71.8 Å². The van der Waals surface area contributed by atoms with Crippen LogP contribution in [0.5, 0.6) is 0 Å². The van der Waals surface area contributed by atoms with Crippen molar-refractivity contribution in [2.45, 2.75) is 65.8 Å². The normalized spacial score (nSPS) is 12.5. The second kappa shape index (κ2) is 10.6. The summed E-state index contributed by atoms with van der Waals surface area (Å²) in [4.78, 5) is 28.0. The average molecular weight is 451 g/mol. The van der Waals surface area contributed by atoms with Gasteiger partial charge in [0.15, 0.2) is 0 Å². The van der Waals surface area contributed by atoms with Crippen LogP contribution in [-0.2, 0) is 22.6 Å². The molecule has 6 heteroatoms. The number of amides is 2. The third kappa shape index (κ3) is 7.38. The molecule has 3 rings (SSSR count). The van der Waals surface area contributed by atoms with Gasteiger partial charge in [0.05, 0.1) is 6.26 Å². The molecule has 2 aromatic carbocycles. The van der Waals surface area contributed by atoms with Gasteiger partial charge in [-0.1, -0.05) is 50.2 Å². The van der Waals surface area contributed by atoms with Crippen LogP contribution in [-0.4, -0.2) is 28.5 Å². The number of carbonyl (C=O) groups is 2. The Hall–Kier alpha value is -3.28. The van der Waals surface area contributed by atoms with E-state index in [0.717, 1.165) is 22.1 Å². The summed E-state index contributed by atoms with van der Waals surface area (Å²) in [6.07, 6.45) is 1.59. The molecule has 1 N–H and O–H groups in total. The quantitative estimate of drug-likeness (QED) is 0.464. The smallest absolute Gasteiger partial charge is 0.408 e. The van der Waals surface area contributed by atoms with Gasteiger partial charge in [0.25, 0.3) is 0 Å². The van der Waals surface area contributed by atoms with Crippen molar-refractivity contribution >= 4 is 23.0 Å². The number of rotatable bonds is 8. The van der Waals surface area contributed by atoms with Crippen molar-refractivity contribution in [3.05, 3.63) is 72.0 Å². The SMILES string of the molecule is CC(C)C[C@H](NC(=O)OC(C)(C)C)C(=O)N(Cc1ccccc1)Cc1ccc2occc2c1. The Labute approximate surface area is 195 Å². The van der Waals surface area contributed by atoms with Crippen molar-refractivity contribution < 1.29 is 18.7 Å². The molecule has 0 saturated carbocycles. The first-order chi connectivity index (χ1) is 15.6. The molecule has 3 aromatic rings. The summed E-state index contributed by atoms with van der Waals surface area (Å²) in [7, 11) is 0. The van der Waals surface area contributed by atoms with Crippen LogP contribution in [0.3, 0.4) is 0 Å². The zero-order chi connectivity index (χ0) is 24.0. The van der Waals surface area contributed by atoms with Gasteiger partial charge in [-0.2, -0.15) is 0 Å². The lowest BCUT2D eigenvalue weighted by molar-refractivity contribution is -0.135. The first-order valence-corrected chi connectivity index (χ1v) is 11.4. The molecule has 0 aliphatic carbocycles. The van der Waals surface area contributed by atoms with Gasteiger partial charge in [-0.05, 0) is 62.4 Å². The van der Waals surface area contributed by atoms with E-state index in [-0.39, 0.29) is 11.8 Å². The fraction of sp³-hybridized carbons (Fsp3) is 0.407. The standard InChI is InChI=1S/C27H34N2O4/c1-19(2)15-23(28-26(31)33-27(3,4)5)25(30)29(17-20-9-7-6-8-10-20)18-21-11-12-24-22(16-21)13-14-32-24/h6-14,16,19,23H,15,17-18H2,1-5H3,(H,28,31)/t23-/m0/s1. The Kier molecular flexibility index (Phi) is 7.79. The Morgan fingerprint density at radius 3 is 2.36 bits per heavy atom. The number of alkyl carbamates (subject to hydrolysis) is 1. The lowest BCUT2D eigenvalue weighted by Gasteiger charge is -2.30. The van der Waals surface area contributed by atoms with Gasteiger partial charge >= 0.3 is 6.09 Å². The number of furan rings is 1. The summed E-state index contributed by atoms with van der Waals surface area (Å²) in [5.41, 5.74) is 2.19. The molecule has 0 unspecified atom stereocenters. The van der Waals surface area contributed by atoms with E-state index in [4.69, 9.17) is 9.15 Å². The summed E-state index contributed by atoms with van der Waals surface area (Å²) < 4.78 is 10.9. The maximum atomic E-state index is 13.7. The minimum atomic E-state index is -0.679. The number of fused-ring (bicyclic) bond motifs is 1. The van der Waals surface area contributed by atoms with Gasteiger partial charge in [-0.15, -0.1) is 0 Å². The Bertz CT molecular complexity index is 1070. The number of benzene rings is 2. The van der Waals surface area contributed by atoms with Crippen LogP contribution >= 0.6 is 0 Å². The molecule has 0 aliphatic rings. The maximum Gasteiger partial charge on any atom is 0.408 e. The molecule has 1 heterocycles. The number of nitrogens with zero attached hydrogens (tertiary/aromatic N) is 1. The molecule has 6 nitrogen and oxygen atoms in total. The molecule has 1 atom stereocenters. The highest BCUT2D eigenvalue weighted by molar-refractivity contribution is 5.86. The molecular weight excluding hydrogens is 416 g/mol. The monoisotopic (exact) mass is 450 g/mol. The molecule has 33 heavy (non-hydrogen) atoms. The zero-order valence-corrected chi connectivity index (χ0v) is 20.1. The van der Waals surface area contributed by atoms with Crippen molar-refractivity contribution in [3.8, 4) is 0 Å². The van der Waals surface area contributed by atoms with Crippen molar-refractivity contribution in [1.82, 2.24) is 10.2 Å². The highest BCUT2D eigenvalue weighted by atomic mass is 16.6. The van der Waals surface area contributed by atoms with E-state index in [1.165, 1.54) is 0 Å². The van der Waals surface area contributed by atoms with Gasteiger partial charge in [0.2, 0.25) is 5.91 Å². The van der Waals surface area contributed by atoms with Crippen molar-refractivity contribution in [3.63, 3.8) is 0 Å². The van der Waals surface area contributed by atoms with Crippen LogP contribution in [0.1, 0.15) is 52.2 Å². The summed E-state index contributed by atoms with van der Waals surface area (Å²) in [6.45, 7) is 10.3. The second-order valence-electron chi connectivity index (χ2n) is 9.80. The van der Waals surface area contributed by atoms with Crippen LogP contribution in [0.2, 0.25) is 0 Å². The van der Waals surface area contributed by atoms with Gasteiger partial charge in [-0.25, -0.2) is 4.79 Å². The van der Waals surface area contributed by atoms with E-state index in [0.29, 0.717) is 19.5 Å². The van der Waals surface area contributed by atoms with Crippen LogP contribution in [0.15, 0.2) is 65.3 Å². The van der Waals surface area contributed by atoms with Crippen molar-refractivity contribution in [2.24, 2.45) is 5.92 Å². The predicted octanol–water partition coefficient (Wildman–Crippen LogP) is 5.90. The molecular formula is C27H34N2O4. The van der Waals surface area contributed by atoms with E-state index < -0.39 is 17.7 Å². The minimum absolute atomic E-state index is 0.134. The molecule has 0 fully saturated rings. The number of ether oxygens (including phenoxy) is 1. The first-order valence-electron chi connectivity index (χ1n) is 11.4. The number of hydrogen-bond donors (Lipinski definition) is 1. The number of hydrogen-bond acceptors (Lipinski definition) is 4. The van der Waals surface area contributed by atoms with Gasteiger partial charge in [0.1, 0.15) is 17.2 Å². The van der Waals surface area contributed by atoms with Crippen molar-refractivity contribution in [1.29, 1.82) is 0 Å². The van der Waals surface area contributed by atoms with E-state index in [1.54, 1.807) is 31.9 Å². The largest absolute Gasteiger partial charge is 0.464 e. The molecule has 0 radical (unpaired) electrons.